The van der Waals surface area contributed by atoms with Gasteiger partial charge in [-0.3, -0.25) is 0 Å². The summed E-state index contributed by atoms with van der Waals surface area (Å²) in [6.45, 7) is 2.10. The van der Waals surface area contributed by atoms with Crippen LogP contribution in [0, 0.1) is 6.92 Å². The number of ether oxygens (including phenoxy) is 3. The number of carboxylic acids is 1. The number of nitrogens with zero attached hydrogens (tertiary/aromatic N) is 2. The molecule has 7 nitrogen and oxygen atoms in total. The Morgan fingerprint density at radius 2 is 2.10 bits per heavy atom. The second kappa shape index (κ2) is 5.28. The van der Waals surface area contributed by atoms with E-state index in [1.54, 1.807) is 19.1 Å². The molecule has 0 aliphatic carbocycles. The molecule has 0 amide bonds. The minimum absolute atomic E-state index is 0.0325. The Bertz CT molecular complexity index is 702. The highest BCUT2D eigenvalue weighted by Crippen LogP contribution is 2.32. The summed E-state index contributed by atoms with van der Waals surface area (Å²) in [5.41, 5.74) is 1.28. The molecular formula is C14H12N2O5. The Balaban J connectivity index is 1.74. The maximum atomic E-state index is 10.9. The third-order valence-corrected chi connectivity index (χ3v) is 2.86. The molecule has 0 radical (unpaired) electrons. The number of hydrogen-bond donors (Lipinski definition) is 1. The first-order valence-electron chi connectivity index (χ1n) is 6.22. The number of benzene rings is 1. The van der Waals surface area contributed by atoms with Crippen molar-refractivity contribution in [3.05, 3.63) is 41.2 Å². The first kappa shape index (κ1) is 13.2. The normalized spacial score (nSPS) is 12.2. The summed E-state index contributed by atoms with van der Waals surface area (Å²) < 4.78 is 15.9. The number of aromatic carboxylic acids is 1. The molecular weight excluding hydrogens is 276 g/mol. The quantitative estimate of drug-likeness (QED) is 0.917. The van der Waals surface area contributed by atoms with Crippen LogP contribution in [-0.2, 0) is 6.61 Å². The Hall–Kier alpha value is -2.83. The van der Waals surface area contributed by atoms with Crippen LogP contribution in [-0.4, -0.2) is 27.8 Å². The molecule has 21 heavy (non-hydrogen) atoms. The summed E-state index contributed by atoms with van der Waals surface area (Å²) in [7, 11) is 0. The Labute approximate surface area is 120 Å². The topological polar surface area (TPSA) is 90.8 Å². The van der Waals surface area contributed by atoms with Gasteiger partial charge in [0, 0.05) is 5.69 Å². The van der Waals surface area contributed by atoms with Gasteiger partial charge in [-0.2, -0.15) is 4.98 Å². The Morgan fingerprint density at radius 3 is 2.90 bits per heavy atom. The van der Waals surface area contributed by atoms with E-state index in [1.165, 1.54) is 6.07 Å². The predicted molar refractivity (Wildman–Crippen MR) is 70.6 cm³/mol. The van der Waals surface area contributed by atoms with Gasteiger partial charge in [-0.05, 0) is 30.7 Å². The molecule has 7 heteroatoms. The van der Waals surface area contributed by atoms with Gasteiger partial charge in [-0.15, -0.1) is 0 Å². The number of rotatable bonds is 4. The van der Waals surface area contributed by atoms with E-state index in [9.17, 15) is 4.79 Å². The summed E-state index contributed by atoms with van der Waals surface area (Å²) in [6.07, 6.45) is 0. The van der Waals surface area contributed by atoms with E-state index in [4.69, 9.17) is 19.3 Å². The van der Waals surface area contributed by atoms with Crippen molar-refractivity contribution in [1.82, 2.24) is 9.97 Å². The molecule has 0 atom stereocenters. The van der Waals surface area contributed by atoms with Gasteiger partial charge in [0.25, 0.3) is 0 Å². The molecule has 0 spiro atoms. The zero-order valence-electron chi connectivity index (χ0n) is 11.2. The van der Waals surface area contributed by atoms with E-state index in [0.717, 1.165) is 5.56 Å². The third-order valence-electron chi connectivity index (χ3n) is 2.86. The lowest BCUT2D eigenvalue weighted by molar-refractivity contribution is 0.0688. The maximum Gasteiger partial charge on any atom is 0.354 e. The second-order valence-electron chi connectivity index (χ2n) is 4.46. The smallest absolute Gasteiger partial charge is 0.354 e. The van der Waals surface area contributed by atoms with Crippen molar-refractivity contribution in [2.45, 2.75) is 13.5 Å². The molecule has 1 aromatic carbocycles. The van der Waals surface area contributed by atoms with Gasteiger partial charge in [0.1, 0.15) is 6.61 Å². The highest BCUT2D eigenvalue weighted by molar-refractivity contribution is 5.85. The molecule has 0 saturated carbocycles. The highest BCUT2D eigenvalue weighted by Gasteiger charge is 2.14. The van der Waals surface area contributed by atoms with Crippen molar-refractivity contribution in [3.8, 4) is 17.5 Å². The van der Waals surface area contributed by atoms with Crippen molar-refractivity contribution >= 4 is 5.97 Å². The molecule has 1 aromatic heterocycles. The molecule has 0 unspecified atom stereocenters. The van der Waals surface area contributed by atoms with E-state index < -0.39 is 5.97 Å². The fourth-order valence-corrected chi connectivity index (χ4v) is 1.89. The Kier molecular flexibility index (Phi) is 3.31. The number of carbonyl (C=O) groups is 1. The van der Waals surface area contributed by atoms with E-state index in [0.29, 0.717) is 17.2 Å². The predicted octanol–water partition coefficient (Wildman–Crippen LogP) is 1.79. The van der Waals surface area contributed by atoms with Crippen LogP contribution >= 0.6 is 0 Å². The number of aryl methyl sites for hydroxylation is 1. The largest absolute Gasteiger partial charge is 0.477 e. The first-order valence-corrected chi connectivity index (χ1v) is 6.22. The number of fused-ring (bicyclic) bond motifs is 1. The Morgan fingerprint density at radius 1 is 1.29 bits per heavy atom. The van der Waals surface area contributed by atoms with Crippen molar-refractivity contribution in [3.63, 3.8) is 0 Å². The molecule has 0 bridgehead atoms. The van der Waals surface area contributed by atoms with Crippen molar-refractivity contribution in [2.75, 3.05) is 6.79 Å². The molecule has 1 aliphatic rings. The molecule has 2 aromatic rings. The van der Waals surface area contributed by atoms with Crippen LogP contribution in [0.25, 0.3) is 0 Å². The van der Waals surface area contributed by atoms with E-state index in [2.05, 4.69) is 9.97 Å². The van der Waals surface area contributed by atoms with Gasteiger partial charge in [-0.25, -0.2) is 9.78 Å². The van der Waals surface area contributed by atoms with Gasteiger partial charge in [-0.1, -0.05) is 6.07 Å². The van der Waals surface area contributed by atoms with Crippen molar-refractivity contribution < 1.29 is 24.1 Å². The van der Waals surface area contributed by atoms with Crippen LogP contribution in [0.5, 0.6) is 17.5 Å². The first-order chi connectivity index (χ1) is 10.1. The molecule has 2 heterocycles. The van der Waals surface area contributed by atoms with Crippen molar-refractivity contribution in [2.24, 2.45) is 0 Å². The summed E-state index contributed by atoms with van der Waals surface area (Å²) in [4.78, 5) is 18.8. The zero-order chi connectivity index (χ0) is 14.8. The summed E-state index contributed by atoms with van der Waals surface area (Å²) in [5.74, 6) is 0.236. The molecule has 0 fully saturated rings. The minimum Gasteiger partial charge on any atom is -0.477 e. The van der Waals surface area contributed by atoms with Gasteiger partial charge in [0.05, 0.1) is 0 Å². The molecule has 3 rings (SSSR count). The lowest BCUT2D eigenvalue weighted by Gasteiger charge is -2.06. The van der Waals surface area contributed by atoms with Crippen LogP contribution < -0.4 is 14.2 Å². The second-order valence-corrected chi connectivity index (χ2v) is 4.46. The molecule has 108 valence electrons. The van der Waals surface area contributed by atoms with Gasteiger partial charge in [0.2, 0.25) is 6.79 Å². The average molecular weight is 288 g/mol. The third kappa shape index (κ3) is 2.86. The molecule has 0 saturated heterocycles. The van der Waals surface area contributed by atoms with E-state index in [1.807, 2.05) is 6.07 Å². The standard InChI is InChI=1S/C14H12N2O5/c1-8-4-10(13(17)18)16-14(15-8)19-6-9-2-3-11-12(5-9)21-7-20-11/h2-5H,6-7H2,1H3,(H,17,18). The van der Waals surface area contributed by atoms with Gasteiger partial charge >= 0.3 is 12.0 Å². The maximum absolute atomic E-state index is 10.9. The summed E-state index contributed by atoms with van der Waals surface area (Å²) >= 11 is 0. The fourth-order valence-electron chi connectivity index (χ4n) is 1.89. The number of hydrogen-bond acceptors (Lipinski definition) is 6. The highest BCUT2D eigenvalue weighted by atomic mass is 16.7. The lowest BCUT2D eigenvalue weighted by Crippen LogP contribution is -2.06. The van der Waals surface area contributed by atoms with Crippen LogP contribution in [0.3, 0.4) is 0 Å². The molecule has 1 aliphatic heterocycles. The van der Waals surface area contributed by atoms with Crippen LogP contribution in [0.4, 0.5) is 0 Å². The SMILES string of the molecule is Cc1cc(C(=O)O)nc(OCc2ccc3c(c2)OCO3)n1. The fraction of sp³-hybridized carbons (Fsp3) is 0.214. The average Bonchev–Trinajstić information content (AvgIpc) is 2.92. The lowest BCUT2D eigenvalue weighted by atomic mass is 10.2. The number of aromatic nitrogens is 2. The minimum atomic E-state index is -1.12. The van der Waals surface area contributed by atoms with Crippen LogP contribution in [0.15, 0.2) is 24.3 Å². The van der Waals surface area contributed by atoms with Crippen LogP contribution in [0.2, 0.25) is 0 Å². The summed E-state index contributed by atoms with van der Waals surface area (Å²) in [5, 5.41) is 8.95. The monoisotopic (exact) mass is 288 g/mol. The number of carboxylic acid groups (broad SMARTS) is 1. The van der Waals surface area contributed by atoms with Gasteiger partial charge in [0.15, 0.2) is 17.2 Å². The zero-order valence-corrected chi connectivity index (χ0v) is 11.2. The van der Waals surface area contributed by atoms with Crippen molar-refractivity contribution in [1.29, 1.82) is 0 Å². The van der Waals surface area contributed by atoms with Gasteiger partial charge < -0.3 is 19.3 Å². The van der Waals surface area contributed by atoms with E-state index >= 15 is 0 Å². The van der Waals surface area contributed by atoms with Crippen LogP contribution in [0.1, 0.15) is 21.7 Å². The van der Waals surface area contributed by atoms with E-state index in [-0.39, 0.29) is 25.1 Å². The summed E-state index contributed by atoms with van der Waals surface area (Å²) in [6, 6.07) is 6.85. The molecule has 1 N–H and O–H groups in total.